The van der Waals surface area contributed by atoms with E-state index in [1.165, 1.54) is 21.4 Å². The number of hydrogen-bond acceptors (Lipinski definition) is 4. The lowest BCUT2D eigenvalue weighted by Gasteiger charge is -2.08. The van der Waals surface area contributed by atoms with Gasteiger partial charge in [0.2, 0.25) is 0 Å². The molecule has 0 aromatic carbocycles. The van der Waals surface area contributed by atoms with E-state index in [1.807, 2.05) is 13.0 Å². The van der Waals surface area contributed by atoms with Gasteiger partial charge < -0.3 is 9.88 Å². The van der Waals surface area contributed by atoms with Crippen LogP contribution in [0.25, 0.3) is 0 Å². The van der Waals surface area contributed by atoms with E-state index in [-0.39, 0.29) is 17.8 Å². The minimum absolute atomic E-state index is 0.243. The van der Waals surface area contributed by atoms with Crippen molar-refractivity contribution >= 4 is 5.82 Å². The summed E-state index contributed by atoms with van der Waals surface area (Å²) in [5.41, 5.74) is 0.232. The largest absolute Gasteiger partial charge is 0.370 e. The molecule has 2 rings (SSSR count). The molecule has 0 radical (unpaired) electrons. The predicted molar refractivity (Wildman–Crippen MR) is 73.4 cm³/mol. The summed E-state index contributed by atoms with van der Waals surface area (Å²) in [6, 6.07) is 5.01. The first kappa shape index (κ1) is 13.1. The second kappa shape index (κ2) is 5.51. The molecule has 2 heterocycles. The van der Waals surface area contributed by atoms with Crippen LogP contribution in [0.15, 0.2) is 40.2 Å². The van der Waals surface area contributed by atoms with Gasteiger partial charge in [-0.3, -0.25) is 9.36 Å². The summed E-state index contributed by atoms with van der Waals surface area (Å²) < 4.78 is 2.58. The van der Waals surface area contributed by atoms with E-state index >= 15 is 0 Å². The molecule has 0 amide bonds. The summed E-state index contributed by atoms with van der Waals surface area (Å²) in [6.45, 7) is 2.99. The van der Waals surface area contributed by atoms with E-state index in [0.29, 0.717) is 0 Å². The molecule has 1 N–H and O–H groups in total. The quantitative estimate of drug-likeness (QED) is 0.865. The van der Waals surface area contributed by atoms with Crippen molar-refractivity contribution in [2.75, 3.05) is 11.9 Å². The second-order valence-corrected chi connectivity index (χ2v) is 4.21. The Hall–Kier alpha value is -2.37. The van der Waals surface area contributed by atoms with Crippen molar-refractivity contribution in [3.8, 4) is 0 Å². The normalized spacial score (nSPS) is 10.4. The minimum Gasteiger partial charge on any atom is -0.370 e. The molecular formula is C13H16N4O2. The van der Waals surface area contributed by atoms with Gasteiger partial charge in [0.25, 0.3) is 5.56 Å². The molecule has 0 spiro atoms. The molecule has 2 aromatic heterocycles. The first-order valence-electron chi connectivity index (χ1n) is 6.07. The SMILES string of the molecule is CCNc1cc(Cn2c(=O)ccn(C)c2=O)ccn1. The molecule has 0 atom stereocenters. The number of rotatable bonds is 4. The second-order valence-electron chi connectivity index (χ2n) is 4.21. The summed E-state index contributed by atoms with van der Waals surface area (Å²) in [6.07, 6.45) is 3.13. The van der Waals surface area contributed by atoms with Gasteiger partial charge in [-0.1, -0.05) is 0 Å². The van der Waals surface area contributed by atoms with Crippen LogP contribution in [-0.4, -0.2) is 20.7 Å². The number of hydrogen-bond donors (Lipinski definition) is 1. The molecule has 0 aliphatic heterocycles. The zero-order chi connectivity index (χ0) is 13.8. The van der Waals surface area contributed by atoms with E-state index < -0.39 is 0 Å². The molecule has 0 unspecified atom stereocenters. The van der Waals surface area contributed by atoms with E-state index in [1.54, 1.807) is 19.3 Å². The number of nitrogens with one attached hydrogen (secondary N) is 1. The fraction of sp³-hybridized carbons (Fsp3) is 0.308. The highest BCUT2D eigenvalue weighted by atomic mass is 16.2. The standard InChI is InChI=1S/C13H16N4O2/c1-3-14-11-8-10(4-6-15-11)9-17-12(18)5-7-16(2)13(17)19/h4-8H,3,9H2,1-2H3,(H,14,15). The van der Waals surface area contributed by atoms with Crippen molar-refractivity contribution in [2.45, 2.75) is 13.5 Å². The van der Waals surface area contributed by atoms with Crippen LogP contribution in [-0.2, 0) is 13.6 Å². The molecule has 6 nitrogen and oxygen atoms in total. The van der Waals surface area contributed by atoms with Gasteiger partial charge in [-0.2, -0.15) is 0 Å². The minimum atomic E-state index is -0.325. The monoisotopic (exact) mass is 260 g/mol. The first-order chi connectivity index (χ1) is 9.11. The average molecular weight is 260 g/mol. The lowest BCUT2D eigenvalue weighted by Crippen LogP contribution is -2.38. The van der Waals surface area contributed by atoms with Gasteiger partial charge in [-0.25, -0.2) is 9.78 Å². The fourth-order valence-corrected chi connectivity index (χ4v) is 1.79. The Balaban J connectivity index is 2.36. The third-order valence-electron chi connectivity index (χ3n) is 2.76. The van der Waals surface area contributed by atoms with Crippen LogP contribution in [0.3, 0.4) is 0 Å². The Kier molecular flexibility index (Phi) is 3.79. The molecule has 0 saturated heterocycles. The number of anilines is 1. The van der Waals surface area contributed by atoms with E-state index in [9.17, 15) is 9.59 Å². The van der Waals surface area contributed by atoms with Crippen molar-refractivity contribution in [2.24, 2.45) is 7.05 Å². The Morgan fingerprint density at radius 1 is 1.32 bits per heavy atom. The van der Waals surface area contributed by atoms with Gasteiger partial charge in [0, 0.05) is 32.1 Å². The summed E-state index contributed by atoms with van der Waals surface area (Å²) in [5.74, 6) is 0.737. The molecule has 0 saturated carbocycles. The van der Waals surface area contributed by atoms with Gasteiger partial charge in [0.05, 0.1) is 6.54 Å². The molecule has 0 aliphatic carbocycles. The zero-order valence-electron chi connectivity index (χ0n) is 11.0. The summed E-state index contributed by atoms with van der Waals surface area (Å²) in [4.78, 5) is 27.8. The maximum absolute atomic E-state index is 11.9. The van der Waals surface area contributed by atoms with Gasteiger partial charge in [-0.05, 0) is 24.6 Å². The maximum Gasteiger partial charge on any atom is 0.331 e. The smallest absolute Gasteiger partial charge is 0.331 e. The van der Waals surface area contributed by atoms with Crippen LogP contribution >= 0.6 is 0 Å². The fourth-order valence-electron chi connectivity index (χ4n) is 1.79. The number of nitrogens with zero attached hydrogens (tertiary/aromatic N) is 3. The van der Waals surface area contributed by atoms with E-state index in [4.69, 9.17) is 0 Å². The Labute approximate surface area is 110 Å². The highest BCUT2D eigenvalue weighted by Gasteiger charge is 2.04. The number of aromatic nitrogens is 3. The molecular weight excluding hydrogens is 244 g/mol. The number of pyridine rings is 1. The first-order valence-corrected chi connectivity index (χ1v) is 6.07. The zero-order valence-corrected chi connectivity index (χ0v) is 11.0. The maximum atomic E-state index is 11.9. The average Bonchev–Trinajstić information content (AvgIpc) is 2.40. The number of aryl methyl sites for hydroxylation is 1. The van der Waals surface area contributed by atoms with Crippen LogP contribution in [0.5, 0.6) is 0 Å². The summed E-state index contributed by atoms with van der Waals surface area (Å²) >= 11 is 0. The van der Waals surface area contributed by atoms with Gasteiger partial charge in [0.15, 0.2) is 0 Å². The van der Waals surface area contributed by atoms with Crippen LogP contribution in [0.2, 0.25) is 0 Å². The van der Waals surface area contributed by atoms with Crippen molar-refractivity contribution in [1.29, 1.82) is 0 Å². The van der Waals surface area contributed by atoms with Crippen LogP contribution in [0, 0.1) is 0 Å². The topological polar surface area (TPSA) is 68.9 Å². The predicted octanol–water partition coefficient (Wildman–Crippen LogP) is 0.422. The highest BCUT2D eigenvalue weighted by molar-refractivity contribution is 5.37. The van der Waals surface area contributed by atoms with Crippen molar-refractivity contribution in [3.05, 3.63) is 57.0 Å². The molecule has 6 heteroatoms. The van der Waals surface area contributed by atoms with Gasteiger partial charge in [-0.15, -0.1) is 0 Å². The van der Waals surface area contributed by atoms with Crippen molar-refractivity contribution in [3.63, 3.8) is 0 Å². The lowest BCUT2D eigenvalue weighted by atomic mass is 10.2. The Morgan fingerprint density at radius 2 is 2.11 bits per heavy atom. The molecule has 0 bridgehead atoms. The lowest BCUT2D eigenvalue weighted by molar-refractivity contribution is 0.639. The summed E-state index contributed by atoms with van der Waals surface area (Å²) in [5, 5.41) is 3.09. The third-order valence-corrected chi connectivity index (χ3v) is 2.76. The molecule has 0 aliphatic rings. The molecule has 19 heavy (non-hydrogen) atoms. The van der Waals surface area contributed by atoms with Crippen LogP contribution in [0.4, 0.5) is 5.82 Å². The molecule has 100 valence electrons. The molecule has 0 fully saturated rings. The van der Waals surface area contributed by atoms with Gasteiger partial charge in [0.1, 0.15) is 5.82 Å². The third kappa shape index (κ3) is 2.90. The van der Waals surface area contributed by atoms with E-state index in [0.717, 1.165) is 17.9 Å². The van der Waals surface area contributed by atoms with Crippen LogP contribution < -0.4 is 16.6 Å². The highest BCUT2D eigenvalue weighted by Crippen LogP contribution is 2.06. The van der Waals surface area contributed by atoms with E-state index in [2.05, 4.69) is 10.3 Å². The Bertz CT molecular complexity index is 688. The Morgan fingerprint density at radius 3 is 2.84 bits per heavy atom. The summed E-state index contributed by atoms with van der Waals surface area (Å²) in [7, 11) is 1.62. The van der Waals surface area contributed by atoms with Crippen LogP contribution in [0.1, 0.15) is 12.5 Å². The molecule has 2 aromatic rings. The van der Waals surface area contributed by atoms with Gasteiger partial charge >= 0.3 is 5.69 Å². The van der Waals surface area contributed by atoms with Crippen molar-refractivity contribution < 1.29 is 0 Å². The van der Waals surface area contributed by atoms with Crippen molar-refractivity contribution in [1.82, 2.24) is 14.1 Å².